The van der Waals surface area contributed by atoms with Crippen LogP contribution in [0.3, 0.4) is 0 Å². The zero-order valence-electron chi connectivity index (χ0n) is 15.9. The molecule has 0 aromatic heterocycles. The summed E-state index contributed by atoms with van der Waals surface area (Å²) in [7, 11) is 0. The van der Waals surface area contributed by atoms with Gasteiger partial charge in [0.2, 0.25) is 0 Å². The Bertz CT molecular complexity index is 785. The second-order valence-electron chi connectivity index (χ2n) is 6.94. The molecule has 1 aliphatic carbocycles. The summed E-state index contributed by atoms with van der Waals surface area (Å²) in [4.78, 5) is 24.3. The van der Waals surface area contributed by atoms with E-state index in [0.29, 0.717) is 0 Å². The van der Waals surface area contributed by atoms with Gasteiger partial charge in [-0.15, -0.1) is 0 Å². The minimum absolute atomic E-state index is 0.0109. The van der Waals surface area contributed by atoms with Gasteiger partial charge in [0.15, 0.2) is 0 Å². The third-order valence-corrected chi connectivity index (χ3v) is 4.82. The number of fused-ring (bicyclic) bond motifs is 3. The molecule has 1 atom stereocenters. The van der Waals surface area contributed by atoms with Crippen LogP contribution < -0.4 is 5.32 Å². The summed E-state index contributed by atoms with van der Waals surface area (Å²) >= 11 is 0. The number of nitrogens with one attached hydrogen (secondary N) is 1. The van der Waals surface area contributed by atoms with Gasteiger partial charge in [-0.05, 0) is 35.1 Å². The molecule has 2 aromatic carbocycles. The number of rotatable bonds is 6. The first-order chi connectivity index (χ1) is 13.0. The molecule has 3 rings (SSSR count). The number of amides is 1. The van der Waals surface area contributed by atoms with Crippen molar-refractivity contribution in [3.63, 3.8) is 0 Å². The minimum Gasteiger partial charge on any atom is -0.464 e. The molecule has 1 amide bonds. The van der Waals surface area contributed by atoms with Crippen LogP contribution in [0.4, 0.5) is 4.79 Å². The van der Waals surface area contributed by atoms with Gasteiger partial charge in [0, 0.05) is 5.92 Å². The summed E-state index contributed by atoms with van der Waals surface area (Å²) in [6.45, 7) is 5.93. The van der Waals surface area contributed by atoms with Gasteiger partial charge in [0.1, 0.15) is 12.6 Å². The smallest absolute Gasteiger partial charge is 0.407 e. The molecule has 0 saturated heterocycles. The average molecular weight is 367 g/mol. The molecule has 0 heterocycles. The molecule has 0 saturated carbocycles. The predicted molar refractivity (Wildman–Crippen MR) is 103 cm³/mol. The Morgan fingerprint density at radius 2 is 1.52 bits per heavy atom. The van der Waals surface area contributed by atoms with Crippen LogP contribution in [-0.2, 0) is 14.3 Å². The van der Waals surface area contributed by atoms with Gasteiger partial charge >= 0.3 is 12.1 Å². The van der Waals surface area contributed by atoms with E-state index in [-0.39, 0.29) is 25.0 Å². The quantitative estimate of drug-likeness (QED) is 0.780. The van der Waals surface area contributed by atoms with Crippen molar-refractivity contribution in [2.75, 3.05) is 13.2 Å². The first-order valence-corrected chi connectivity index (χ1v) is 9.31. The number of hydrogen-bond acceptors (Lipinski definition) is 4. The first-order valence-electron chi connectivity index (χ1n) is 9.31. The van der Waals surface area contributed by atoms with E-state index >= 15 is 0 Å². The van der Waals surface area contributed by atoms with E-state index < -0.39 is 18.1 Å². The Hall–Kier alpha value is -2.82. The molecule has 0 bridgehead atoms. The van der Waals surface area contributed by atoms with Crippen molar-refractivity contribution in [3.05, 3.63) is 59.7 Å². The molecule has 27 heavy (non-hydrogen) atoms. The summed E-state index contributed by atoms with van der Waals surface area (Å²) in [6, 6.07) is 15.6. The lowest BCUT2D eigenvalue weighted by molar-refractivity contribution is -0.146. The molecular weight excluding hydrogens is 342 g/mol. The monoisotopic (exact) mass is 367 g/mol. The third kappa shape index (κ3) is 3.97. The Labute approximate surface area is 159 Å². The average Bonchev–Trinajstić information content (AvgIpc) is 2.98. The lowest BCUT2D eigenvalue weighted by Gasteiger charge is -2.21. The highest BCUT2D eigenvalue weighted by molar-refractivity contribution is 5.82. The van der Waals surface area contributed by atoms with Crippen molar-refractivity contribution in [2.45, 2.75) is 32.7 Å². The van der Waals surface area contributed by atoms with Crippen LogP contribution in [0, 0.1) is 5.92 Å². The highest BCUT2D eigenvalue weighted by Gasteiger charge is 2.30. The van der Waals surface area contributed by atoms with Crippen LogP contribution in [0.15, 0.2) is 48.5 Å². The summed E-state index contributed by atoms with van der Waals surface area (Å²) in [6.07, 6.45) is -0.608. The highest BCUT2D eigenvalue weighted by atomic mass is 16.6. The topological polar surface area (TPSA) is 64.6 Å². The molecule has 1 aliphatic rings. The molecule has 0 radical (unpaired) electrons. The second kappa shape index (κ2) is 8.25. The van der Waals surface area contributed by atoms with Gasteiger partial charge in [0.05, 0.1) is 6.61 Å². The van der Waals surface area contributed by atoms with Crippen molar-refractivity contribution in [1.82, 2.24) is 5.32 Å². The zero-order chi connectivity index (χ0) is 19.4. The molecule has 142 valence electrons. The molecule has 5 heteroatoms. The second-order valence-corrected chi connectivity index (χ2v) is 6.94. The predicted octanol–water partition coefficient (Wildman–Crippen LogP) is 4.11. The number of alkyl carbamates (subject to hydrolysis) is 1. The fourth-order valence-electron chi connectivity index (χ4n) is 3.50. The van der Waals surface area contributed by atoms with Crippen molar-refractivity contribution < 1.29 is 19.1 Å². The molecule has 0 fully saturated rings. The molecule has 2 aromatic rings. The van der Waals surface area contributed by atoms with Crippen LogP contribution in [0.25, 0.3) is 11.1 Å². The summed E-state index contributed by atoms with van der Waals surface area (Å²) in [5.74, 6) is -0.547. The zero-order valence-corrected chi connectivity index (χ0v) is 15.9. The van der Waals surface area contributed by atoms with E-state index in [1.54, 1.807) is 6.92 Å². The van der Waals surface area contributed by atoms with Crippen LogP contribution in [-0.4, -0.2) is 31.3 Å². The number of benzene rings is 2. The van der Waals surface area contributed by atoms with Crippen molar-refractivity contribution >= 4 is 12.1 Å². The van der Waals surface area contributed by atoms with E-state index in [0.717, 1.165) is 11.1 Å². The number of carbonyl (C=O) groups is 2. The molecule has 1 N–H and O–H groups in total. The van der Waals surface area contributed by atoms with E-state index in [4.69, 9.17) is 9.47 Å². The molecule has 0 spiro atoms. The van der Waals surface area contributed by atoms with Gasteiger partial charge in [-0.1, -0.05) is 62.4 Å². The fourth-order valence-corrected chi connectivity index (χ4v) is 3.50. The number of ether oxygens (including phenoxy) is 2. The molecule has 5 nitrogen and oxygen atoms in total. The maximum absolute atomic E-state index is 12.3. The van der Waals surface area contributed by atoms with Gasteiger partial charge < -0.3 is 14.8 Å². The summed E-state index contributed by atoms with van der Waals surface area (Å²) in [5, 5.41) is 2.64. The molecular formula is C22H25NO4. The van der Waals surface area contributed by atoms with Crippen molar-refractivity contribution in [1.29, 1.82) is 0 Å². The van der Waals surface area contributed by atoms with Gasteiger partial charge in [-0.3, -0.25) is 0 Å². The lowest BCUT2D eigenvalue weighted by atomic mass is 9.98. The van der Waals surface area contributed by atoms with Crippen LogP contribution in [0.5, 0.6) is 0 Å². The van der Waals surface area contributed by atoms with Crippen LogP contribution in [0.1, 0.15) is 37.8 Å². The number of esters is 1. The maximum Gasteiger partial charge on any atom is 0.407 e. The summed E-state index contributed by atoms with van der Waals surface area (Å²) in [5.41, 5.74) is 4.65. The van der Waals surface area contributed by atoms with Gasteiger partial charge in [-0.25, -0.2) is 9.59 Å². The Morgan fingerprint density at radius 3 is 2.04 bits per heavy atom. The fraction of sp³-hybridized carbons (Fsp3) is 0.364. The Balaban J connectivity index is 1.69. The number of carbonyl (C=O) groups excluding carboxylic acids is 2. The largest absolute Gasteiger partial charge is 0.464 e. The van der Waals surface area contributed by atoms with E-state index in [9.17, 15) is 9.59 Å². The van der Waals surface area contributed by atoms with Gasteiger partial charge in [0.25, 0.3) is 0 Å². The van der Waals surface area contributed by atoms with E-state index in [1.165, 1.54) is 11.1 Å². The van der Waals surface area contributed by atoms with E-state index in [2.05, 4.69) is 29.6 Å². The van der Waals surface area contributed by atoms with Crippen LogP contribution in [0.2, 0.25) is 0 Å². The highest BCUT2D eigenvalue weighted by Crippen LogP contribution is 2.44. The normalized spacial score (nSPS) is 13.6. The first kappa shape index (κ1) is 19.0. The minimum atomic E-state index is -0.722. The standard InChI is InChI=1S/C22H25NO4/c1-4-26-21(24)20(14(2)3)23-22(25)27-13-19-17-11-7-5-9-15(17)16-10-6-8-12-18(16)19/h5-12,14,19-20H,4,13H2,1-3H3,(H,23,25). The van der Waals surface area contributed by atoms with Crippen molar-refractivity contribution in [3.8, 4) is 11.1 Å². The number of hydrogen-bond donors (Lipinski definition) is 1. The van der Waals surface area contributed by atoms with Crippen LogP contribution >= 0.6 is 0 Å². The van der Waals surface area contributed by atoms with Gasteiger partial charge in [-0.2, -0.15) is 0 Å². The maximum atomic E-state index is 12.3. The molecule has 0 aliphatic heterocycles. The Morgan fingerprint density at radius 1 is 0.963 bits per heavy atom. The lowest BCUT2D eigenvalue weighted by Crippen LogP contribution is -2.45. The summed E-state index contributed by atoms with van der Waals surface area (Å²) < 4.78 is 10.5. The SMILES string of the molecule is CCOC(=O)C(NC(=O)OCC1c2ccccc2-c2ccccc21)C(C)C. The van der Waals surface area contributed by atoms with Crippen molar-refractivity contribution in [2.24, 2.45) is 5.92 Å². The molecule has 1 unspecified atom stereocenters. The van der Waals surface area contributed by atoms with E-state index in [1.807, 2.05) is 38.1 Å². The third-order valence-electron chi connectivity index (χ3n) is 4.82. The Kier molecular flexibility index (Phi) is 5.79.